The zero-order valence-electron chi connectivity index (χ0n) is 8.53. The van der Waals surface area contributed by atoms with Gasteiger partial charge in [0.15, 0.2) is 0 Å². The van der Waals surface area contributed by atoms with Gasteiger partial charge in [-0.3, -0.25) is 0 Å². The van der Waals surface area contributed by atoms with E-state index >= 15 is 0 Å². The van der Waals surface area contributed by atoms with Crippen LogP contribution in [0.15, 0.2) is 17.0 Å². The minimum Gasteiger partial charge on any atom is -0.477 e. The molecule has 1 atom stereocenters. The van der Waals surface area contributed by atoms with Crippen molar-refractivity contribution in [1.29, 1.82) is 0 Å². The average molecular weight is 259 g/mol. The number of aromatic nitrogens is 2. The first-order chi connectivity index (χ1) is 6.72. The van der Waals surface area contributed by atoms with E-state index in [1.807, 2.05) is 0 Å². The molecule has 0 aliphatic rings. The predicted octanol–water partition coefficient (Wildman–Crippen LogP) is 3.05. The molecule has 0 aliphatic carbocycles. The van der Waals surface area contributed by atoms with Gasteiger partial charge < -0.3 is 4.74 Å². The predicted molar refractivity (Wildman–Crippen MR) is 59.3 cm³/mol. The molecule has 1 unspecified atom stereocenters. The maximum absolute atomic E-state index is 5.52. The highest BCUT2D eigenvalue weighted by molar-refractivity contribution is 9.10. The van der Waals surface area contributed by atoms with Gasteiger partial charge in [0.1, 0.15) is 10.9 Å². The monoisotopic (exact) mass is 258 g/mol. The topological polar surface area (TPSA) is 35.0 Å². The van der Waals surface area contributed by atoms with E-state index in [1.54, 1.807) is 6.07 Å². The maximum Gasteiger partial charge on any atom is 0.217 e. The van der Waals surface area contributed by atoms with Crippen LogP contribution in [0.1, 0.15) is 26.7 Å². The van der Waals surface area contributed by atoms with Crippen molar-refractivity contribution in [3.05, 3.63) is 17.0 Å². The molecular weight excluding hydrogens is 244 g/mol. The highest BCUT2D eigenvalue weighted by Gasteiger charge is 2.03. The zero-order valence-corrected chi connectivity index (χ0v) is 10.1. The van der Waals surface area contributed by atoms with Gasteiger partial charge in [-0.25, -0.2) is 9.97 Å². The van der Waals surface area contributed by atoms with Gasteiger partial charge in [-0.2, -0.15) is 0 Å². The summed E-state index contributed by atoms with van der Waals surface area (Å²) in [7, 11) is 0. The van der Waals surface area contributed by atoms with Gasteiger partial charge in [-0.15, -0.1) is 0 Å². The Morgan fingerprint density at radius 2 is 2.29 bits per heavy atom. The second-order valence-corrected chi connectivity index (χ2v) is 4.20. The molecule has 0 bridgehead atoms. The van der Waals surface area contributed by atoms with Crippen LogP contribution in [0.25, 0.3) is 0 Å². The summed E-state index contributed by atoms with van der Waals surface area (Å²) in [6.07, 6.45) is 3.87. The van der Waals surface area contributed by atoms with Gasteiger partial charge >= 0.3 is 0 Å². The molecule has 4 heteroatoms. The lowest BCUT2D eigenvalue weighted by atomic mass is 10.1. The van der Waals surface area contributed by atoms with Crippen LogP contribution in [0, 0.1) is 5.92 Å². The molecule has 1 heterocycles. The van der Waals surface area contributed by atoms with Gasteiger partial charge in [0.2, 0.25) is 5.88 Å². The van der Waals surface area contributed by atoms with Crippen LogP contribution >= 0.6 is 15.9 Å². The molecule has 0 saturated carbocycles. The normalized spacial score (nSPS) is 12.5. The van der Waals surface area contributed by atoms with Crippen LogP contribution in [0.3, 0.4) is 0 Å². The van der Waals surface area contributed by atoms with E-state index < -0.39 is 0 Å². The maximum atomic E-state index is 5.52. The number of halogens is 1. The summed E-state index contributed by atoms with van der Waals surface area (Å²) in [5.41, 5.74) is 0. The molecular formula is C10H15BrN2O. The summed E-state index contributed by atoms with van der Waals surface area (Å²) in [6.45, 7) is 5.08. The summed E-state index contributed by atoms with van der Waals surface area (Å²) in [5.74, 6) is 1.21. The molecule has 78 valence electrons. The summed E-state index contributed by atoms with van der Waals surface area (Å²) in [4.78, 5) is 7.94. The summed E-state index contributed by atoms with van der Waals surface area (Å²) < 4.78 is 6.28. The molecule has 0 amide bonds. The molecule has 1 aromatic heterocycles. The van der Waals surface area contributed by atoms with Crippen LogP contribution in [0.2, 0.25) is 0 Å². The molecule has 0 radical (unpaired) electrons. The van der Waals surface area contributed by atoms with E-state index in [2.05, 4.69) is 39.7 Å². The number of nitrogens with zero attached hydrogens (tertiary/aromatic N) is 2. The fourth-order valence-electron chi connectivity index (χ4n) is 1.20. The van der Waals surface area contributed by atoms with Crippen molar-refractivity contribution < 1.29 is 4.74 Å². The van der Waals surface area contributed by atoms with Crippen molar-refractivity contribution in [2.75, 3.05) is 6.61 Å². The SMILES string of the molecule is CCCC(C)COc1cc(Br)ncn1. The van der Waals surface area contributed by atoms with E-state index in [-0.39, 0.29) is 0 Å². The molecule has 1 aromatic rings. The van der Waals surface area contributed by atoms with E-state index in [4.69, 9.17) is 4.74 Å². The first-order valence-corrected chi connectivity index (χ1v) is 5.62. The van der Waals surface area contributed by atoms with Crippen molar-refractivity contribution in [3.63, 3.8) is 0 Å². The third-order valence-corrected chi connectivity index (χ3v) is 2.34. The molecule has 0 saturated heterocycles. The fourth-order valence-corrected chi connectivity index (χ4v) is 1.49. The Labute approximate surface area is 93.0 Å². The van der Waals surface area contributed by atoms with E-state index in [1.165, 1.54) is 19.2 Å². The second-order valence-electron chi connectivity index (χ2n) is 3.38. The van der Waals surface area contributed by atoms with Gasteiger partial charge in [0.25, 0.3) is 0 Å². The first kappa shape index (κ1) is 11.4. The Bertz CT molecular complexity index is 281. The summed E-state index contributed by atoms with van der Waals surface area (Å²) >= 11 is 3.27. The third-order valence-electron chi connectivity index (χ3n) is 1.91. The minimum atomic E-state index is 0.578. The standard InChI is InChI=1S/C10H15BrN2O/c1-3-4-8(2)6-14-10-5-9(11)12-7-13-10/h5,7-8H,3-4,6H2,1-2H3. The van der Waals surface area contributed by atoms with Gasteiger partial charge in [0.05, 0.1) is 6.61 Å². The first-order valence-electron chi connectivity index (χ1n) is 4.82. The smallest absolute Gasteiger partial charge is 0.217 e. The number of ether oxygens (including phenoxy) is 1. The zero-order chi connectivity index (χ0) is 10.4. The lowest BCUT2D eigenvalue weighted by Crippen LogP contribution is -2.09. The van der Waals surface area contributed by atoms with Crippen LogP contribution < -0.4 is 4.74 Å². The molecule has 14 heavy (non-hydrogen) atoms. The van der Waals surface area contributed by atoms with Crippen molar-refractivity contribution in [2.24, 2.45) is 5.92 Å². The molecule has 3 nitrogen and oxygen atoms in total. The van der Waals surface area contributed by atoms with Crippen molar-refractivity contribution in [2.45, 2.75) is 26.7 Å². The summed E-state index contributed by atoms with van der Waals surface area (Å²) in [6, 6.07) is 1.78. The molecule has 0 aliphatic heterocycles. The van der Waals surface area contributed by atoms with Crippen molar-refractivity contribution in [1.82, 2.24) is 9.97 Å². The number of hydrogen-bond donors (Lipinski definition) is 0. The largest absolute Gasteiger partial charge is 0.477 e. The highest BCUT2D eigenvalue weighted by Crippen LogP contribution is 2.13. The molecule has 1 rings (SSSR count). The van der Waals surface area contributed by atoms with Crippen LogP contribution in [-0.2, 0) is 0 Å². The van der Waals surface area contributed by atoms with Gasteiger partial charge in [-0.1, -0.05) is 20.3 Å². The average Bonchev–Trinajstić information content (AvgIpc) is 2.15. The fraction of sp³-hybridized carbons (Fsp3) is 0.600. The quantitative estimate of drug-likeness (QED) is 0.762. The Morgan fingerprint density at radius 1 is 1.50 bits per heavy atom. The molecule has 0 fully saturated rings. The van der Waals surface area contributed by atoms with E-state index in [0.29, 0.717) is 11.8 Å². The Kier molecular flexibility index (Phi) is 4.87. The van der Waals surface area contributed by atoms with Crippen molar-refractivity contribution >= 4 is 15.9 Å². The Morgan fingerprint density at radius 3 is 2.93 bits per heavy atom. The van der Waals surface area contributed by atoms with Gasteiger partial charge in [-0.05, 0) is 28.3 Å². The lowest BCUT2D eigenvalue weighted by molar-refractivity contribution is 0.242. The van der Waals surface area contributed by atoms with Crippen LogP contribution in [-0.4, -0.2) is 16.6 Å². The molecule has 0 spiro atoms. The van der Waals surface area contributed by atoms with Crippen LogP contribution in [0.4, 0.5) is 0 Å². The minimum absolute atomic E-state index is 0.578. The number of rotatable bonds is 5. The Hall–Kier alpha value is -0.640. The van der Waals surface area contributed by atoms with Crippen LogP contribution in [0.5, 0.6) is 5.88 Å². The molecule has 0 N–H and O–H groups in total. The lowest BCUT2D eigenvalue weighted by Gasteiger charge is -2.10. The molecule has 0 aromatic carbocycles. The number of hydrogen-bond acceptors (Lipinski definition) is 3. The van der Waals surface area contributed by atoms with Crippen molar-refractivity contribution in [3.8, 4) is 5.88 Å². The second kappa shape index (κ2) is 5.96. The Balaban J connectivity index is 2.37. The van der Waals surface area contributed by atoms with E-state index in [9.17, 15) is 0 Å². The summed E-state index contributed by atoms with van der Waals surface area (Å²) in [5, 5.41) is 0. The van der Waals surface area contributed by atoms with Gasteiger partial charge in [0, 0.05) is 6.07 Å². The highest BCUT2D eigenvalue weighted by atomic mass is 79.9. The van der Waals surface area contributed by atoms with E-state index in [0.717, 1.165) is 11.2 Å². The third kappa shape index (κ3) is 4.05.